The van der Waals surface area contributed by atoms with E-state index in [1.54, 1.807) is 28.2 Å². The van der Waals surface area contributed by atoms with Gasteiger partial charge in [0.25, 0.3) is 0 Å². The van der Waals surface area contributed by atoms with Gasteiger partial charge in [0.15, 0.2) is 0 Å². The quantitative estimate of drug-likeness (QED) is 0.237. The fourth-order valence-electron chi connectivity index (χ4n) is 5.13. The molecule has 9 nitrogen and oxygen atoms in total. The van der Waals surface area contributed by atoms with Gasteiger partial charge in [-0.05, 0) is 54.6 Å². The summed E-state index contributed by atoms with van der Waals surface area (Å²) in [6, 6.07) is 21.7. The van der Waals surface area contributed by atoms with Crippen LogP contribution in [0.3, 0.4) is 0 Å². The Labute approximate surface area is 255 Å². The van der Waals surface area contributed by atoms with E-state index in [4.69, 9.17) is 0 Å². The monoisotopic (exact) mass is 587 g/mol. The molecule has 0 aliphatic carbocycles. The van der Waals surface area contributed by atoms with Crippen molar-refractivity contribution in [3.05, 3.63) is 83.9 Å². The van der Waals surface area contributed by atoms with Gasteiger partial charge in [-0.25, -0.2) is 0 Å². The molecule has 0 unspecified atom stereocenters. The lowest BCUT2D eigenvalue weighted by Gasteiger charge is -2.32. The summed E-state index contributed by atoms with van der Waals surface area (Å²) in [6.07, 6.45) is 2.49. The molecular weight excluding hydrogens is 542 g/mol. The van der Waals surface area contributed by atoms with Gasteiger partial charge >= 0.3 is 0 Å². The topological polar surface area (TPSA) is 111 Å². The number of amides is 4. The predicted octanol–water partition coefficient (Wildman–Crippen LogP) is 2.92. The van der Waals surface area contributed by atoms with E-state index in [1.165, 1.54) is 16.7 Å². The molecule has 0 aromatic heterocycles. The molecule has 0 fully saturated rings. The molecule has 0 spiro atoms. The standard InChI is InChI=1S/C34H45N5O4/c1-24(40)36-20-12-11-17-29(33(42)38(3)4)37-32(41)31(23-25-13-7-6-8-14-25)39(5)34(43)30(35-2)22-26-18-19-27-15-9-10-16-28(27)21-26/h6-10,13-16,18-19,21,29-31,35H,11-12,17,20,22-23H2,1-5H3,(H,36,40)(H,37,41)/t29-,30+,31+/m0/s1. The van der Waals surface area contributed by atoms with E-state index in [0.29, 0.717) is 38.6 Å². The van der Waals surface area contributed by atoms with Crippen molar-refractivity contribution < 1.29 is 19.2 Å². The highest BCUT2D eigenvalue weighted by Gasteiger charge is 2.33. The predicted molar refractivity (Wildman–Crippen MR) is 170 cm³/mol. The molecule has 9 heteroatoms. The number of carbonyl (C=O) groups is 4. The van der Waals surface area contributed by atoms with Gasteiger partial charge in [0.1, 0.15) is 12.1 Å². The first kappa shape index (κ1) is 33.3. The third kappa shape index (κ3) is 9.92. The highest BCUT2D eigenvalue weighted by Crippen LogP contribution is 2.18. The Morgan fingerprint density at radius 3 is 2.07 bits per heavy atom. The summed E-state index contributed by atoms with van der Waals surface area (Å²) in [5.41, 5.74) is 1.92. The third-order valence-corrected chi connectivity index (χ3v) is 7.64. The largest absolute Gasteiger partial charge is 0.356 e. The number of rotatable bonds is 15. The third-order valence-electron chi connectivity index (χ3n) is 7.64. The molecule has 0 saturated heterocycles. The molecule has 3 aromatic carbocycles. The van der Waals surface area contributed by atoms with Crippen LogP contribution in [-0.2, 0) is 32.0 Å². The second kappa shape index (κ2) is 16.4. The Kier molecular flexibility index (Phi) is 12.7. The smallest absolute Gasteiger partial charge is 0.244 e. The Bertz CT molecular complexity index is 1380. The lowest BCUT2D eigenvalue weighted by Crippen LogP contribution is -2.57. The Morgan fingerprint density at radius 1 is 0.744 bits per heavy atom. The molecule has 0 radical (unpaired) electrons. The van der Waals surface area contributed by atoms with Crippen LogP contribution in [-0.4, -0.2) is 86.3 Å². The average molecular weight is 588 g/mol. The average Bonchev–Trinajstić information content (AvgIpc) is 3.00. The molecule has 0 heterocycles. The first-order chi connectivity index (χ1) is 20.6. The van der Waals surface area contributed by atoms with E-state index in [0.717, 1.165) is 21.9 Å². The minimum atomic E-state index is -0.834. The van der Waals surface area contributed by atoms with Gasteiger partial charge in [0, 0.05) is 41.0 Å². The molecule has 3 atom stereocenters. The second-order valence-corrected chi connectivity index (χ2v) is 11.2. The molecule has 43 heavy (non-hydrogen) atoms. The van der Waals surface area contributed by atoms with Gasteiger partial charge in [-0.2, -0.15) is 0 Å². The Balaban J connectivity index is 1.79. The van der Waals surface area contributed by atoms with Crippen LogP contribution < -0.4 is 16.0 Å². The number of nitrogens with zero attached hydrogens (tertiary/aromatic N) is 2. The Hall–Kier alpha value is -4.24. The molecule has 0 saturated carbocycles. The van der Waals surface area contributed by atoms with Gasteiger partial charge in [-0.15, -0.1) is 0 Å². The number of hydrogen-bond donors (Lipinski definition) is 3. The van der Waals surface area contributed by atoms with Crippen LogP contribution in [0.1, 0.15) is 37.3 Å². The normalized spacial score (nSPS) is 13.0. The van der Waals surface area contributed by atoms with Crippen molar-refractivity contribution in [2.45, 2.75) is 57.2 Å². The summed E-state index contributed by atoms with van der Waals surface area (Å²) in [7, 11) is 6.70. The molecule has 3 rings (SSSR count). The van der Waals surface area contributed by atoms with E-state index in [1.807, 2.05) is 54.6 Å². The minimum Gasteiger partial charge on any atom is -0.356 e. The lowest BCUT2D eigenvalue weighted by molar-refractivity contribution is -0.142. The van der Waals surface area contributed by atoms with Crippen molar-refractivity contribution >= 4 is 34.4 Å². The van der Waals surface area contributed by atoms with E-state index in [9.17, 15) is 19.2 Å². The molecule has 0 aliphatic heterocycles. The van der Waals surface area contributed by atoms with E-state index >= 15 is 0 Å². The fraction of sp³-hybridized carbons (Fsp3) is 0.412. The number of hydrogen-bond acceptors (Lipinski definition) is 5. The maximum atomic E-state index is 13.9. The zero-order valence-corrected chi connectivity index (χ0v) is 25.9. The number of nitrogens with one attached hydrogen (secondary N) is 3. The summed E-state index contributed by atoms with van der Waals surface area (Å²) < 4.78 is 0. The first-order valence-corrected chi connectivity index (χ1v) is 14.8. The fourth-order valence-corrected chi connectivity index (χ4v) is 5.13. The number of fused-ring (bicyclic) bond motifs is 1. The van der Waals surface area contributed by atoms with Crippen LogP contribution in [0.25, 0.3) is 10.8 Å². The lowest BCUT2D eigenvalue weighted by atomic mass is 9.99. The maximum Gasteiger partial charge on any atom is 0.244 e. The van der Waals surface area contributed by atoms with E-state index in [2.05, 4.69) is 34.1 Å². The van der Waals surface area contributed by atoms with Crippen LogP contribution >= 0.6 is 0 Å². The number of likely N-dealkylation sites (N-methyl/N-ethyl adjacent to an activating group) is 3. The molecule has 4 amide bonds. The van der Waals surface area contributed by atoms with Crippen molar-refractivity contribution in [3.63, 3.8) is 0 Å². The first-order valence-electron chi connectivity index (χ1n) is 14.8. The van der Waals surface area contributed by atoms with Crippen molar-refractivity contribution in [2.24, 2.45) is 0 Å². The molecule has 0 aliphatic rings. The maximum absolute atomic E-state index is 13.9. The summed E-state index contributed by atoms with van der Waals surface area (Å²) in [5, 5.41) is 11.1. The Morgan fingerprint density at radius 2 is 1.42 bits per heavy atom. The van der Waals surface area contributed by atoms with Crippen LogP contribution in [0.15, 0.2) is 72.8 Å². The highest BCUT2D eigenvalue weighted by atomic mass is 16.2. The van der Waals surface area contributed by atoms with Gasteiger partial charge in [0.2, 0.25) is 23.6 Å². The molecule has 0 bridgehead atoms. The molecule has 230 valence electrons. The molecular formula is C34H45N5O4. The van der Waals surface area contributed by atoms with Gasteiger partial charge in [-0.1, -0.05) is 72.8 Å². The number of carbonyl (C=O) groups excluding carboxylic acids is 4. The van der Waals surface area contributed by atoms with Gasteiger partial charge in [0.05, 0.1) is 6.04 Å². The van der Waals surface area contributed by atoms with Crippen LogP contribution in [0.5, 0.6) is 0 Å². The number of benzene rings is 3. The SMILES string of the molecule is CN[C@H](Cc1ccc2ccccc2c1)C(=O)N(C)[C@H](Cc1ccccc1)C(=O)N[C@@H](CCCCNC(C)=O)C(=O)N(C)C. The second-order valence-electron chi connectivity index (χ2n) is 11.2. The van der Waals surface area contributed by atoms with Crippen LogP contribution in [0, 0.1) is 0 Å². The van der Waals surface area contributed by atoms with Crippen LogP contribution in [0.4, 0.5) is 0 Å². The van der Waals surface area contributed by atoms with Gasteiger partial charge < -0.3 is 25.8 Å². The summed E-state index contributed by atoms with van der Waals surface area (Å²) >= 11 is 0. The van der Waals surface area contributed by atoms with Gasteiger partial charge in [-0.3, -0.25) is 19.2 Å². The number of unbranched alkanes of at least 4 members (excludes halogenated alkanes) is 1. The van der Waals surface area contributed by atoms with Crippen molar-refractivity contribution in [3.8, 4) is 0 Å². The molecule has 3 N–H and O–H groups in total. The molecule has 3 aromatic rings. The summed E-state index contributed by atoms with van der Waals surface area (Å²) in [5.74, 6) is -0.921. The highest BCUT2D eigenvalue weighted by molar-refractivity contribution is 5.93. The van der Waals surface area contributed by atoms with Crippen molar-refractivity contribution in [2.75, 3.05) is 34.7 Å². The van der Waals surface area contributed by atoms with Crippen molar-refractivity contribution in [1.29, 1.82) is 0 Å². The zero-order chi connectivity index (χ0) is 31.4. The minimum absolute atomic E-state index is 0.105. The summed E-state index contributed by atoms with van der Waals surface area (Å²) in [6.45, 7) is 1.96. The summed E-state index contributed by atoms with van der Waals surface area (Å²) in [4.78, 5) is 54.9. The van der Waals surface area contributed by atoms with Crippen LogP contribution in [0.2, 0.25) is 0 Å². The van der Waals surface area contributed by atoms with Crippen molar-refractivity contribution in [1.82, 2.24) is 25.8 Å². The van der Waals surface area contributed by atoms with E-state index in [-0.39, 0.29) is 23.6 Å². The zero-order valence-electron chi connectivity index (χ0n) is 25.9. The van der Waals surface area contributed by atoms with E-state index < -0.39 is 18.1 Å².